The summed E-state index contributed by atoms with van der Waals surface area (Å²) in [5.74, 6) is -2.48. The molecule has 1 aromatic rings. The number of Topliss-reactive ketones (excluding diaryl/α,β-unsaturated/α-hetero) is 1. The molecule has 3 fully saturated rings. The Morgan fingerprint density at radius 3 is 1.71 bits per heavy atom. The Morgan fingerprint density at radius 2 is 1.33 bits per heavy atom. The number of carbonyl (C=O) groups excluding carboxylic acids is 2. The number of aliphatic carboxylic acids is 1. The number of rotatable bonds is 13. The highest BCUT2D eigenvalue weighted by Crippen LogP contribution is 2.86. The van der Waals surface area contributed by atoms with Gasteiger partial charge in [0.15, 0.2) is 0 Å². The average Bonchev–Trinajstić information content (AvgIpc) is 3.75. The summed E-state index contributed by atoms with van der Waals surface area (Å²) >= 11 is 0. The zero-order valence-electron chi connectivity index (χ0n) is 25.7. The molecule has 0 amide bonds. The molecule has 2 atom stereocenters. The maximum Gasteiger partial charge on any atom is 0.430 e. The van der Waals surface area contributed by atoms with Crippen molar-refractivity contribution in [1.29, 1.82) is 0 Å². The minimum absolute atomic E-state index is 0.161. The van der Waals surface area contributed by atoms with Crippen molar-refractivity contribution < 1.29 is 33.0 Å². The molecule has 0 spiro atoms. The fraction of sp³-hybridized carbons (Fsp3) is 0.765. The maximum absolute atomic E-state index is 13.4. The van der Waals surface area contributed by atoms with Gasteiger partial charge in [-0.3, -0.25) is 4.79 Å². The molecule has 238 valence electrons. The second kappa shape index (κ2) is 16.0. The Hall–Kier alpha value is -1.46. The van der Waals surface area contributed by atoms with Gasteiger partial charge < -0.3 is 15.0 Å². The molecular weight excluding hydrogens is 560 g/mol. The topological polar surface area (TPSA) is 77.4 Å². The molecular formula is C34H52F3O4P. The second-order valence-corrected chi connectivity index (χ2v) is 18.2. The first-order valence-electron chi connectivity index (χ1n) is 16.4. The molecule has 0 saturated heterocycles. The van der Waals surface area contributed by atoms with Gasteiger partial charge in [-0.05, 0) is 115 Å². The van der Waals surface area contributed by atoms with Crippen LogP contribution in [0.1, 0.15) is 141 Å². The largest absolute Gasteiger partial charge is 0.542 e. The van der Waals surface area contributed by atoms with Crippen molar-refractivity contribution in [3.05, 3.63) is 35.9 Å². The maximum atomic E-state index is 13.4. The molecule has 42 heavy (non-hydrogen) atoms. The average molecular weight is 613 g/mol. The van der Waals surface area contributed by atoms with Gasteiger partial charge in [0.2, 0.25) is 0 Å². The van der Waals surface area contributed by atoms with Crippen LogP contribution in [0.25, 0.3) is 0 Å². The van der Waals surface area contributed by atoms with E-state index < -0.39 is 19.4 Å². The molecule has 0 bridgehead atoms. The van der Waals surface area contributed by atoms with Gasteiger partial charge in [0, 0.05) is 20.1 Å². The molecule has 4 rings (SSSR count). The summed E-state index contributed by atoms with van der Waals surface area (Å²) in [5, 5.41) is 19.9. The van der Waals surface area contributed by atoms with Gasteiger partial charge in [0.05, 0.1) is 28.2 Å². The molecule has 3 saturated carbocycles. The van der Waals surface area contributed by atoms with Crippen molar-refractivity contribution in [2.24, 2.45) is 0 Å². The lowest BCUT2D eigenvalue weighted by molar-refractivity contribution is -0.344. The molecule has 4 nitrogen and oxygen atoms in total. The molecule has 0 aliphatic heterocycles. The van der Waals surface area contributed by atoms with Crippen LogP contribution in [0, 0.1) is 0 Å². The number of carboxylic acids is 1. The van der Waals surface area contributed by atoms with Crippen molar-refractivity contribution in [3.8, 4) is 0 Å². The highest BCUT2D eigenvalue weighted by atomic mass is 31.2. The van der Waals surface area contributed by atoms with Gasteiger partial charge >= 0.3 is 6.18 Å². The number of aliphatic hydroxyl groups excluding tert-OH is 1. The molecule has 1 N–H and O–H groups in total. The summed E-state index contributed by atoms with van der Waals surface area (Å²) in [4.78, 5) is 22.2. The molecule has 0 aromatic heterocycles. The lowest BCUT2D eigenvalue weighted by Crippen LogP contribution is -2.45. The zero-order chi connectivity index (χ0) is 30.8. The molecule has 2 unspecified atom stereocenters. The number of benzene rings is 1. The van der Waals surface area contributed by atoms with Crippen LogP contribution >= 0.6 is 7.26 Å². The summed E-state index contributed by atoms with van der Waals surface area (Å²) in [6.45, 7) is 4.77. The third kappa shape index (κ3) is 8.58. The fourth-order valence-electron chi connectivity index (χ4n) is 8.94. The smallest absolute Gasteiger partial charge is 0.430 e. The number of ketones is 1. The monoisotopic (exact) mass is 612 g/mol. The van der Waals surface area contributed by atoms with E-state index in [1.54, 1.807) is 0 Å². The van der Waals surface area contributed by atoms with E-state index >= 15 is 0 Å². The van der Waals surface area contributed by atoms with Crippen molar-refractivity contribution in [1.82, 2.24) is 0 Å². The van der Waals surface area contributed by atoms with Gasteiger partial charge in [-0.25, -0.2) is 0 Å². The van der Waals surface area contributed by atoms with Gasteiger partial charge in [-0.1, -0.05) is 37.3 Å². The molecule has 8 heteroatoms. The van der Waals surface area contributed by atoms with E-state index in [4.69, 9.17) is 9.90 Å². The fourth-order valence-corrected chi connectivity index (χ4v) is 18.0. The van der Waals surface area contributed by atoms with E-state index in [1.807, 2.05) is 18.2 Å². The number of aliphatic hydroxyl groups is 1. The standard InChI is InChI=1S/C32H52O2P.C2HF3O2/c1-3-14-27(33)25-32(2,24-13-23-31(34)26-15-5-4-6-16-26)35(28-17-7-8-18-28,29-19-9-10-20-29)30-21-11-12-22-30;3-2(4,5)1(6)7/h4-6,15-16,28-31,34H,3,7-14,17-25H2,1-2H3;(H,6,7)/q+1;/p-1. The van der Waals surface area contributed by atoms with Crippen LogP contribution in [0.5, 0.6) is 0 Å². The van der Waals surface area contributed by atoms with Gasteiger partial charge in [-0.2, -0.15) is 13.2 Å². The Balaban J connectivity index is 0.000000616. The van der Waals surface area contributed by atoms with Gasteiger partial charge in [0.25, 0.3) is 0 Å². The molecule has 3 aliphatic carbocycles. The second-order valence-electron chi connectivity index (χ2n) is 13.2. The van der Waals surface area contributed by atoms with Crippen LogP contribution < -0.4 is 5.11 Å². The van der Waals surface area contributed by atoms with Gasteiger partial charge in [0.1, 0.15) is 11.8 Å². The summed E-state index contributed by atoms with van der Waals surface area (Å²) in [6.07, 6.45) is 17.1. The van der Waals surface area contributed by atoms with Crippen LogP contribution in [0.4, 0.5) is 13.2 Å². The Bertz CT molecular complexity index is 926. The SMILES string of the molecule is CCCC(=O)CC(C)(CCCC(O)c1ccccc1)[P+](C1CCCC1)(C1CCCC1)C1CCCC1.O=C([O-])C(F)(F)F. The van der Waals surface area contributed by atoms with Crippen LogP contribution in [-0.4, -0.2) is 45.2 Å². The zero-order valence-corrected chi connectivity index (χ0v) is 26.6. The number of halogens is 3. The highest BCUT2D eigenvalue weighted by molar-refractivity contribution is 7.79. The van der Waals surface area contributed by atoms with E-state index in [9.17, 15) is 23.1 Å². The first-order valence-corrected chi connectivity index (χ1v) is 18.4. The number of carbonyl (C=O) groups is 2. The van der Waals surface area contributed by atoms with E-state index in [0.29, 0.717) is 5.78 Å². The Kier molecular flexibility index (Phi) is 13.4. The number of alkyl halides is 3. The molecule has 0 radical (unpaired) electrons. The number of hydrogen-bond acceptors (Lipinski definition) is 4. The minimum Gasteiger partial charge on any atom is -0.542 e. The lowest BCUT2D eigenvalue weighted by atomic mass is 9.93. The summed E-state index contributed by atoms with van der Waals surface area (Å²) in [7, 11) is -1.37. The normalized spacial score (nSPS) is 21.1. The summed E-state index contributed by atoms with van der Waals surface area (Å²) in [6, 6.07) is 10.2. The van der Waals surface area contributed by atoms with Crippen molar-refractivity contribution >= 4 is 19.0 Å². The number of hydrogen-bond donors (Lipinski definition) is 1. The molecule has 3 aliphatic rings. The van der Waals surface area contributed by atoms with Crippen LogP contribution in [-0.2, 0) is 9.59 Å². The quantitative estimate of drug-likeness (QED) is 0.227. The van der Waals surface area contributed by atoms with Crippen molar-refractivity contribution in [2.75, 3.05) is 0 Å². The highest BCUT2D eigenvalue weighted by Gasteiger charge is 2.67. The predicted octanol–water partition coefficient (Wildman–Crippen LogP) is 8.55. The van der Waals surface area contributed by atoms with Crippen LogP contribution in [0.3, 0.4) is 0 Å². The Morgan fingerprint density at radius 1 is 0.905 bits per heavy atom. The van der Waals surface area contributed by atoms with E-state index in [2.05, 4.69) is 26.0 Å². The summed E-state index contributed by atoms with van der Waals surface area (Å²) in [5.41, 5.74) is 3.77. The third-order valence-electron chi connectivity index (χ3n) is 10.4. The minimum atomic E-state index is -5.19. The van der Waals surface area contributed by atoms with E-state index in [-0.39, 0.29) is 11.3 Å². The first kappa shape index (κ1) is 35.0. The van der Waals surface area contributed by atoms with Crippen molar-refractivity contribution in [3.63, 3.8) is 0 Å². The van der Waals surface area contributed by atoms with Gasteiger partial charge in [-0.15, -0.1) is 0 Å². The molecule has 1 aromatic carbocycles. The Labute approximate surface area is 251 Å². The van der Waals surface area contributed by atoms with E-state index in [1.165, 1.54) is 77.0 Å². The predicted molar refractivity (Wildman–Crippen MR) is 163 cm³/mol. The molecule has 0 heterocycles. The van der Waals surface area contributed by atoms with Crippen molar-refractivity contribution in [2.45, 2.75) is 164 Å². The van der Waals surface area contributed by atoms with E-state index in [0.717, 1.165) is 61.1 Å². The third-order valence-corrected chi connectivity index (χ3v) is 17.9. The number of carboxylic acid groups (broad SMARTS) is 1. The lowest BCUT2D eigenvalue weighted by Gasteiger charge is -2.53. The van der Waals surface area contributed by atoms with Crippen LogP contribution in [0.2, 0.25) is 0 Å². The van der Waals surface area contributed by atoms with Crippen LogP contribution in [0.15, 0.2) is 30.3 Å². The first-order chi connectivity index (χ1) is 20.0. The summed E-state index contributed by atoms with van der Waals surface area (Å²) < 4.78 is 31.5.